The first kappa shape index (κ1) is 12.7. The highest BCUT2D eigenvalue weighted by Gasteiger charge is 2.06. The fourth-order valence-corrected chi connectivity index (χ4v) is 1.65. The van der Waals surface area contributed by atoms with Crippen molar-refractivity contribution in [1.29, 1.82) is 0 Å². The molecule has 1 rings (SSSR count). The van der Waals surface area contributed by atoms with Crippen molar-refractivity contribution in [3.05, 3.63) is 36.2 Å². The molecule has 0 aliphatic rings. The van der Waals surface area contributed by atoms with Crippen LogP contribution in [0, 0.1) is 0 Å². The highest BCUT2D eigenvalue weighted by atomic mass is 32.2. The van der Waals surface area contributed by atoms with Gasteiger partial charge in [-0.15, -0.1) is 0 Å². The molecule has 0 aliphatic heterocycles. The van der Waals surface area contributed by atoms with E-state index in [2.05, 4.69) is 0 Å². The number of halogens is 1. The fraction of sp³-hybridized carbons (Fsp3) is 0.273. The molecule has 5 heteroatoms. The third kappa shape index (κ3) is 3.66. The van der Waals surface area contributed by atoms with Crippen molar-refractivity contribution >= 4 is 9.84 Å². The van der Waals surface area contributed by atoms with Gasteiger partial charge in [-0.3, -0.25) is 0 Å². The molecule has 0 saturated heterocycles. The second kappa shape index (κ2) is 5.12. The summed E-state index contributed by atoms with van der Waals surface area (Å²) in [4.78, 5) is 0.214. The largest absolute Gasteiger partial charge is 0.487 e. The lowest BCUT2D eigenvalue weighted by atomic mass is 10.3. The topological polar surface area (TPSA) is 43.4 Å². The minimum Gasteiger partial charge on any atom is -0.487 e. The molecule has 0 saturated carbocycles. The minimum absolute atomic E-state index is 0.144. The molecule has 0 aromatic heterocycles. The van der Waals surface area contributed by atoms with E-state index in [4.69, 9.17) is 4.74 Å². The summed E-state index contributed by atoms with van der Waals surface area (Å²) in [6.07, 6.45) is 2.44. The van der Waals surface area contributed by atoms with Gasteiger partial charge in [-0.05, 0) is 31.2 Å². The lowest BCUT2D eigenvalue weighted by Gasteiger charge is -2.05. The summed E-state index contributed by atoms with van der Waals surface area (Å²) in [7, 11) is -3.20. The van der Waals surface area contributed by atoms with Gasteiger partial charge in [-0.25, -0.2) is 12.8 Å². The van der Waals surface area contributed by atoms with E-state index >= 15 is 0 Å². The summed E-state index contributed by atoms with van der Waals surface area (Å²) in [6.45, 7) is 1.43. The zero-order chi connectivity index (χ0) is 12.2. The second-order valence-corrected chi connectivity index (χ2v) is 5.28. The zero-order valence-electron chi connectivity index (χ0n) is 9.10. The second-order valence-electron chi connectivity index (χ2n) is 3.27. The molecule has 0 radical (unpaired) electrons. The van der Waals surface area contributed by atoms with Crippen molar-refractivity contribution in [2.45, 2.75) is 11.8 Å². The Hall–Kier alpha value is -1.36. The molecule has 3 nitrogen and oxygen atoms in total. The maximum atomic E-state index is 12.7. The van der Waals surface area contributed by atoms with Crippen LogP contribution in [0.5, 0.6) is 5.75 Å². The van der Waals surface area contributed by atoms with Crippen LogP contribution in [0.2, 0.25) is 0 Å². The van der Waals surface area contributed by atoms with E-state index in [1.807, 2.05) is 0 Å². The fourth-order valence-electron chi connectivity index (χ4n) is 1.02. The van der Waals surface area contributed by atoms with Gasteiger partial charge in [-0.2, -0.15) is 0 Å². The van der Waals surface area contributed by atoms with E-state index in [-0.39, 0.29) is 17.3 Å². The summed E-state index contributed by atoms with van der Waals surface area (Å²) < 4.78 is 40.1. The third-order valence-electron chi connectivity index (χ3n) is 1.94. The molecule has 0 fully saturated rings. The Morgan fingerprint density at radius 1 is 1.38 bits per heavy atom. The number of rotatable bonds is 4. The normalized spacial score (nSPS) is 12.6. The molecule has 16 heavy (non-hydrogen) atoms. The van der Waals surface area contributed by atoms with Gasteiger partial charge in [0, 0.05) is 6.26 Å². The Bertz CT molecular complexity index is 474. The van der Waals surface area contributed by atoms with E-state index < -0.39 is 9.84 Å². The predicted octanol–water partition coefficient (Wildman–Crippen LogP) is 2.34. The number of hydrogen-bond acceptors (Lipinski definition) is 3. The van der Waals surface area contributed by atoms with Crippen molar-refractivity contribution in [3.8, 4) is 5.75 Å². The molecule has 0 heterocycles. The molecule has 88 valence electrons. The Morgan fingerprint density at radius 3 is 2.38 bits per heavy atom. The molecule has 0 unspecified atom stereocenters. The number of sulfone groups is 1. The van der Waals surface area contributed by atoms with E-state index in [1.165, 1.54) is 30.3 Å². The van der Waals surface area contributed by atoms with Crippen LogP contribution in [0.15, 0.2) is 41.1 Å². The van der Waals surface area contributed by atoms with Gasteiger partial charge in [0.15, 0.2) is 9.84 Å². The van der Waals surface area contributed by atoms with Crippen molar-refractivity contribution in [3.63, 3.8) is 0 Å². The molecule has 0 amide bonds. The highest BCUT2D eigenvalue weighted by Crippen LogP contribution is 2.16. The lowest BCUT2D eigenvalue weighted by Crippen LogP contribution is -1.99. The molecule has 1 aromatic rings. The van der Waals surface area contributed by atoms with E-state index in [0.717, 1.165) is 6.26 Å². The van der Waals surface area contributed by atoms with Gasteiger partial charge in [0.1, 0.15) is 18.2 Å². The number of benzene rings is 1. The summed E-state index contributed by atoms with van der Waals surface area (Å²) >= 11 is 0. The Balaban J connectivity index is 2.73. The van der Waals surface area contributed by atoms with E-state index in [0.29, 0.717) is 5.75 Å². The SMILES string of the molecule is CC=C(F)COc1ccc(S(C)(=O)=O)cc1. The minimum atomic E-state index is -3.20. The Morgan fingerprint density at radius 2 is 1.94 bits per heavy atom. The molecule has 1 aromatic carbocycles. The first-order chi connectivity index (χ1) is 7.43. The average Bonchev–Trinajstić information content (AvgIpc) is 2.25. The van der Waals surface area contributed by atoms with Crippen LogP contribution in [0.4, 0.5) is 4.39 Å². The Labute approximate surface area is 94.5 Å². The predicted molar refractivity (Wildman–Crippen MR) is 59.9 cm³/mol. The monoisotopic (exact) mass is 244 g/mol. The van der Waals surface area contributed by atoms with Gasteiger partial charge in [0.05, 0.1) is 4.90 Å². The molecule has 0 bridgehead atoms. The smallest absolute Gasteiger partial charge is 0.175 e. The quantitative estimate of drug-likeness (QED) is 0.816. The van der Waals surface area contributed by atoms with Gasteiger partial charge in [0.2, 0.25) is 0 Å². The zero-order valence-corrected chi connectivity index (χ0v) is 9.92. The third-order valence-corrected chi connectivity index (χ3v) is 3.07. The average molecular weight is 244 g/mol. The number of ether oxygens (including phenoxy) is 1. The van der Waals surface area contributed by atoms with Crippen LogP contribution >= 0.6 is 0 Å². The van der Waals surface area contributed by atoms with Crippen LogP contribution in [0.1, 0.15) is 6.92 Å². The summed E-state index contributed by atoms with van der Waals surface area (Å²) in [6, 6.07) is 5.86. The lowest BCUT2D eigenvalue weighted by molar-refractivity contribution is 0.318. The van der Waals surface area contributed by atoms with Crippen molar-refractivity contribution in [1.82, 2.24) is 0 Å². The number of hydrogen-bond donors (Lipinski definition) is 0. The van der Waals surface area contributed by atoms with Gasteiger partial charge in [0.25, 0.3) is 0 Å². The van der Waals surface area contributed by atoms with E-state index in [1.54, 1.807) is 6.92 Å². The first-order valence-corrected chi connectivity index (χ1v) is 6.56. The van der Waals surface area contributed by atoms with Crippen LogP contribution in [-0.4, -0.2) is 21.3 Å². The molecule has 0 N–H and O–H groups in total. The maximum Gasteiger partial charge on any atom is 0.175 e. The molecule has 0 spiro atoms. The van der Waals surface area contributed by atoms with E-state index in [9.17, 15) is 12.8 Å². The highest BCUT2D eigenvalue weighted by molar-refractivity contribution is 7.90. The number of allylic oxidation sites excluding steroid dienone is 1. The summed E-state index contributed by atoms with van der Waals surface area (Å²) in [5, 5.41) is 0. The van der Waals surface area contributed by atoms with Crippen LogP contribution in [0.25, 0.3) is 0 Å². The molecular weight excluding hydrogens is 231 g/mol. The van der Waals surface area contributed by atoms with Crippen molar-refractivity contribution in [2.24, 2.45) is 0 Å². The van der Waals surface area contributed by atoms with Crippen LogP contribution in [0.3, 0.4) is 0 Å². The van der Waals surface area contributed by atoms with Crippen LogP contribution in [-0.2, 0) is 9.84 Å². The Kier molecular flexibility index (Phi) is 4.06. The molecular formula is C11H13FO3S. The van der Waals surface area contributed by atoms with Gasteiger partial charge < -0.3 is 4.74 Å². The van der Waals surface area contributed by atoms with Gasteiger partial charge in [-0.1, -0.05) is 6.08 Å². The summed E-state index contributed by atoms with van der Waals surface area (Å²) in [5.41, 5.74) is 0. The molecule has 0 atom stereocenters. The van der Waals surface area contributed by atoms with Gasteiger partial charge >= 0.3 is 0 Å². The first-order valence-electron chi connectivity index (χ1n) is 4.67. The molecule has 0 aliphatic carbocycles. The standard InChI is InChI=1S/C11H13FO3S/c1-3-9(12)8-15-10-4-6-11(7-5-10)16(2,13)14/h3-7H,8H2,1-2H3. The van der Waals surface area contributed by atoms with Crippen molar-refractivity contribution in [2.75, 3.05) is 12.9 Å². The van der Waals surface area contributed by atoms with Crippen molar-refractivity contribution < 1.29 is 17.5 Å². The van der Waals surface area contributed by atoms with Crippen LogP contribution < -0.4 is 4.74 Å². The summed E-state index contributed by atoms with van der Waals surface area (Å²) in [5.74, 6) is 0.0663. The maximum absolute atomic E-state index is 12.7.